The summed E-state index contributed by atoms with van der Waals surface area (Å²) in [4.78, 5) is 23.0. The summed E-state index contributed by atoms with van der Waals surface area (Å²) < 4.78 is 5.54. The fraction of sp³-hybridized carbons (Fsp3) is 0.250. The fourth-order valence-electron chi connectivity index (χ4n) is 2.79. The number of nitrogens with zero attached hydrogens (tertiary/aromatic N) is 1. The van der Waals surface area contributed by atoms with E-state index in [0.29, 0.717) is 5.58 Å². The summed E-state index contributed by atoms with van der Waals surface area (Å²) in [5, 5.41) is 14.6. The Morgan fingerprint density at radius 1 is 1.19 bits per heavy atom. The maximum absolute atomic E-state index is 12.4. The number of carbonyl (C=O) groups excluding carboxylic acids is 1. The van der Waals surface area contributed by atoms with Crippen LogP contribution in [-0.4, -0.2) is 10.8 Å². The van der Waals surface area contributed by atoms with Gasteiger partial charge in [0, 0.05) is 17.0 Å². The SMILES string of the molecule is CC(C)(C)c1ccc2occ(CC(=O)Nc3ccccc3[N+](=O)[O-])c2c1. The van der Waals surface area contributed by atoms with Crippen molar-refractivity contribution in [3.63, 3.8) is 0 Å². The molecule has 1 heterocycles. The molecule has 2 aromatic carbocycles. The molecular formula is C20H20N2O4. The molecular weight excluding hydrogens is 332 g/mol. The van der Waals surface area contributed by atoms with Crippen LogP contribution in [0.4, 0.5) is 11.4 Å². The number of nitro benzene ring substituents is 1. The zero-order chi connectivity index (χ0) is 18.9. The highest BCUT2D eigenvalue weighted by atomic mass is 16.6. The summed E-state index contributed by atoms with van der Waals surface area (Å²) in [6, 6.07) is 12.0. The zero-order valence-electron chi connectivity index (χ0n) is 14.9. The number of fused-ring (bicyclic) bond motifs is 1. The molecule has 0 saturated heterocycles. The Kier molecular flexibility index (Phi) is 4.50. The number of carbonyl (C=O) groups is 1. The maximum atomic E-state index is 12.4. The van der Waals surface area contributed by atoms with Crippen molar-refractivity contribution >= 4 is 28.3 Å². The normalized spacial score (nSPS) is 11.5. The van der Waals surface area contributed by atoms with E-state index in [4.69, 9.17) is 4.42 Å². The van der Waals surface area contributed by atoms with Crippen molar-refractivity contribution in [1.82, 2.24) is 0 Å². The van der Waals surface area contributed by atoms with Gasteiger partial charge in [-0.25, -0.2) is 0 Å². The van der Waals surface area contributed by atoms with Crippen LogP contribution in [0.5, 0.6) is 0 Å². The van der Waals surface area contributed by atoms with Crippen LogP contribution < -0.4 is 5.32 Å². The smallest absolute Gasteiger partial charge is 0.292 e. The lowest BCUT2D eigenvalue weighted by Gasteiger charge is -2.18. The van der Waals surface area contributed by atoms with E-state index in [1.54, 1.807) is 18.4 Å². The number of anilines is 1. The molecule has 6 heteroatoms. The third-order valence-electron chi connectivity index (χ3n) is 4.25. The van der Waals surface area contributed by atoms with Gasteiger partial charge in [0.2, 0.25) is 5.91 Å². The predicted octanol–water partition coefficient (Wildman–Crippen LogP) is 4.82. The highest BCUT2D eigenvalue weighted by Gasteiger charge is 2.19. The van der Waals surface area contributed by atoms with E-state index in [0.717, 1.165) is 16.5 Å². The van der Waals surface area contributed by atoms with Crippen molar-refractivity contribution < 1.29 is 14.1 Å². The van der Waals surface area contributed by atoms with E-state index >= 15 is 0 Å². The summed E-state index contributed by atoms with van der Waals surface area (Å²) in [5.41, 5.74) is 2.65. The molecule has 3 rings (SSSR count). The second-order valence-corrected chi connectivity index (χ2v) is 7.22. The van der Waals surface area contributed by atoms with Gasteiger partial charge in [-0.3, -0.25) is 14.9 Å². The highest BCUT2D eigenvalue weighted by Crippen LogP contribution is 2.29. The first-order valence-electron chi connectivity index (χ1n) is 8.29. The van der Waals surface area contributed by atoms with E-state index in [1.165, 1.54) is 12.1 Å². The number of para-hydroxylation sites is 2. The largest absolute Gasteiger partial charge is 0.464 e. The summed E-state index contributed by atoms with van der Waals surface area (Å²) >= 11 is 0. The lowest BCUT2D eigenvalue weighted by Crippen LogP contribution is -2.15. The van der Waals surface area contributed by atoms with Crippen molar-refractivity contribution in [2.24, 2.45) is 0 Å². The van der Waals surface area contributed by atoms with E-state index in [1.807, 2.05) is 18.2 Å². The first-order valence-corrected chi connectivity index (χ1v) is 8.29. The minimum absolute atomic E-state index is 0.0182. The van der Waals surface area contributed by atoms with Crippen LogP contribution in [0.1, 0.15) is 31.9 Å². The van der Waals surface area contributed by atoms with Crippen LogP contribution in [0.2, 0.25) is 0 Å². The van der Waals surface area contributed by atoms with Crippen molar-refractivity contribution in [2.75, 3.05) is 5.32 Å². The molecule has 1 N–H and O–H groups in total. The van der Waals surface area contributed by atoms with Crippen LogP contribution in [0.15, 0.2) is 53.1 Å². The average molecular weight is 352 g/mol. The molecule has 26 heavy (non-hydrogen) atoms. The third-order valence-corrected chi connectivity index (χ3v) is 4.25. The van der Waals surface area contributed by atoms with Gasteiger partial charge >= 0.3 is 0 Å². The molecule has 6 nitrogen and oxygen atoms in total. The number of amides is 1. The summed E-state index contributed by atoms with van der Waals surface area (Å²) in [6.45, 7) is 6.36. The molecule has 0 aliphatic heterocycles. The standard InChI is InChI=1S/C20H20N2O4/c1-20(2,3)14-8-9-18-15(11-14)13(12-26-18)10-19(23)21-16-6-4-5-7-17(16)22(24)25/h4-9,11-12H,10H2,1-3H3,(H,21,23). The topological polar surface area (TPSA) is 85.4 Å². The van der Waals surface area contributed by atoms with Crippen LogP contribution in [0.25, 0.3) is 11.0 Å². The molecule has 134 valence electrons. The highest BCUT2D eigenvalue weighted by molar-refractivity contribution is 5.97. The van der Waals surface area contributed by atoms with Crippen molar-refractivity contribution in [3.05, 3.63) is 70.0 Å². The third kappa shape index (κ3) is 3.59. The first-order chi connectivity index (χ1) is 12.3. The van der Waals surface area contributed by atoms with E-state index < -0.39 is 4.92 Å². The molecule has 0 fully saturated rings. The number of nitro groups is 1. The minimum atomic E-state index is -0.515. The average Bonchev–Trinajstić information content (AvgIpc) is 2.96. The molecule has 1 amide bonds. The van der Waals surface area contributed by atoms with Crippen LogP contribution in [0.3, 0.4) is 0 Å². The second-order valence-electron chi connectivity index (χ2n) is 7.22. The monoisotopic (exact) mass is 352 g/mol. The van der Waals surface area contributed by atoms with Crippen LogP contribution in [0, 0.1) is 10.1 Å². The number of hydrogen-bond donors (Lipinski definition) is 1. The lowest BCUT2D eigenvalue weighted by atomic mass is 9.86. The van der Waals surface area contributed by atoms with E-state index in [-0.39, 0.29) is 29.1 Å². The van der Waals surface area contributed by atoms with Gasteiger partial charge in [-0.1, -0.05) is 39.0 Å². The summed E-state index contributed by atoms with van der Waals surface area (Å²) in [6.07, 6.45) is 1.64. The molecule has 0 unspecified atom stereocenters. The Hall–Kier alpha value is -3.15. The number of nitrogens with one attached hydrogen (secondary N) is 1. The van der Waals surface area contributed by atoms with Gasteiger partial charge in [-0.05, 0) is 29.2 Å². The van der Waals surface area contributed by atoms with Gasteiger partial charge < -0.3 is 9.73 Å². The Balaban J connectivity index is 1.85. The Bertz CT molecular complexity index is 983. The van der Waals surface area contributed by atoms with Crippen molar-refractivity contribution in [2.45, 2.75) is 32.6 Å². The molecule has 0 aliphatic rings. The molecule has 0 aliphatic carbocycles. The van der Waals surface area contributed by atoms with Crippen molar-refractivity contribution in [1.29, 1.82) is 0 Å². The summed E-state index contributed by atoms with van der Waals surface area (Å²) in [5.74, 6) is -0.330. The Morgan fingerprint density at radius 2 is 1.92 bits per heavy atom. The molecule has 0 saturated carbocycles. The van der Waals surface area contributed by atoms with Gasteiger partial charge in [-0.15, -0.1) is 0 Å². The minimum Gasteiger partial charge on any atom is -0.464 e. The van der Waals surface area contributed by atoms with E-state index in [9.17, 15) is 14.9 Å². The second kappa shape index (κ2) is 6.63. The predicted molar refractivity (Wildman–Crippen MR) is 100 cm³/mol. The molecule has 3 aromatic rings. The quantitative estimate of drug-likeness (QED) is 0.539. The zero-order valence-corrected chi connectivity index (χ0v) is 14.9. The summed E-state index contributed by atoms with van der Waals surface area (Å²) in [7, 11) is 0. The van der Waals surface area contributed by atoms with E-state index in [2.05, 4.69) is 26.1 Å². The Labute approximate surface area is 151 Å². The molecule has 0 radical (unpaired) electrons. The molecule has 0 bridgehead atoms. The van der Waals surface area contributed by atoms with Gasteiger partial charge in [0.15, 0.2) is 0 Å². The molecule has 1 aromatic heterocycles. The maximum Gasteiger partial charge on any atom is 0.292 e. The molecule has 0 atom stereocenters. The first kappa shape index (κ1) is 17.7. The van der Waals surface area contributed by atoms with Gasteiger partial charge in [0.05, 0.1) is 17.6 Å². The number of furan rings is 1. The number of rotatable bonds is 4. The van der Waals surface area contributed by atoms with Gasteiger partial charge in [0.1, 0.15) is 11.3 Å². The van der Waals surface area contributed by atoms with Crippen LogP contribution in [-0.2, 0) is 16.6 Å². The van der Waals surface area contributed by atoms with Gasteiger partial charge in [-0.2, -0.15) is 0 Å². The molecule has 0 spiro atoms. The van der Waals surface area contributed by atoms with Crippen LogP contribution >= 0.6 is 0 Å². The number of hydrogen-bond acceptors (Lipinski definition) is 4. The fourth-order valence-corrected chi connectivity index (χ4v) is 2.79. The van der Waals surface area contributed by atoms with Crippen molar-refractivity contribution in [3.8, 4) is 0 Å². The number of benzene rings is 2. The lowest BCUT2D eigenvalue weighted by molar-refractivity contribution is -0.383. The Morgan fingerprint density at radius 3 is 2.62 bits per heavy atom. The van der Waals surface area contributed by atoms with Gasteiger partial charge in [0.25, 0.3) is 5.69 Å².